The minimum atomic E-state index is -0.0949. The van der Waals surface area contributed by atoms with Crippen molar-refractivity contribution < 1.29 is 18.4 Å². The maximum absolute atomic E-state index is 10.8. The average Bonchev–Trinajstić information content (AvgIpc) is 4.49. The summed E-state index contributed by atoms with van der Waals surface area (Å²) < 4.78 is 11.8. The van der Waals surface area contributed by atoms with Gasteiger partial charge in [0, 0.05) is 124 Å². The topological polar surface area (TPSA) is 274 Å². The normalized spacial score (nSPS) is 13.8. The van der Waals surface area contributed by atoms with Crippen molar-refractivity contribution in [2.45, 2.75) is 164 Å². The number of hydrogen-bond acceptors (Lipinski definition) is 19. The van der Waals surface area contributed by atoms with Crippen LogP contribution < -0.4 is 5.32 Å². The third kappa shape index (κ3) is 37.4. The Morgan fingerprint density at radius 1 is 0.698 bits per heavy atom. The lowest BCUT2D eigenvalue weighted by Crippen LogP contribution is -2.24. The van der Waals surface area contributed by atoms with Gasteiger partial charge in [0.1, 0.15) is 29.5 Å². The number of allylic oxidation sites excluding steroid dienone is 2. The maximum Gasteiger partial charge on any atom is 0.232 e. The number of thiazole rings is 2. The fourth-order valence-electron chi connectivity index (χ4n) is 6.76. The lowest BCUT2D eigenvalue weighted by Gasteiger charge is -2.03. The van der Waals surface area contributed by atoms with Crippen molar-refractivity contribution in [2.75, 3.05) is 7.05 Å². The molecule has 470 valence electrons. The van der Waals surface area contributed by atoms with Crippen molar-refractivity contribution in [1.82, 2.24) is 84.8 Å². The number of aliphatic imine (C=N–C) groups is 1. The molecule has 4 N–H and O–H groups in total. The number of hydrogen-bond donors (Lipinski definition) is 4. The van der Waals surface area contributed by atoms with Crippen LogP contribution in [0.2, 0.25) is 0 Å². The molecule has 22 nitrogen and oxygen atoms in total. The first-order valence-electron chi connectivity index (χ1n) is 27.7. The van der Waals surface area contributed by atoms with Crippen LogP contribution >= 0.6 is 34.4 Å². The number of thioether (sulfide) groups is 1. The molecule has 2 amide bonds. The molecule has 9 aromatic heterocycles. The Morgan fingerprint density at radius 3 is 1.53 bits per heavy atom. The maximum atomic E-state index is 10.8. The van der Waals surface area contributed by atoms with E-state index >= 15 is 0 Å². The molecule has 0 aromatic carbocycles. The number of carbonyl (C=O) groups is 2. The third-order valence-electron chi connectivity index (χ3n) is 10.5. The molecule has 9 aromatic rings. The highest BCUT2D eigenvalue weighted by atomic mass is 32.2. The van der Waals surface area contributed by atoms with Crippen LogP contribution in [0.4, 0.5) is 0 Å². The van der Waals surface area contributed by atoms with Crippen LogP contribution in [0.1, 0.15) is 137 Å². The standard InChI is InChI=1S/C6H9NO2.2C6H9N.2C5H8N2.2C5H7NO.C5H7NS.C5H9NS.C5H7NS.2C4H7N3/c1-4-3-5(8)7(2)6(4)9;2*1-5-3-6(2)7-4-5;1-5-3-7(2)4-6-5;1-4-3-6-5(2)7-4;1-4-3-7-5(2)6-4;1-4-3-6-5(2)7-4;1-4-3-7-5(2)6-4;2*1-4-3-6-5(2)7-4;1-4-3-5-7(2)6-4;1-3-5-4(2)7-6-3/h4H,3H2,1-2H3;4H,3H2,1-2H3;3-4,7H,1-2H3;3-4H,1-2H3;3H,1-2H3,(H,6,7);3*3H,1-2H3;3,5-6H,1-2H3;2*3H,1-2H3;1-2H3,(H,5,6,7). The molecular formula is C61H94N18O4S3. The van der Waals surface area contributed by atoms with E-state index < -0.39 is 0 Å². The van der Waals surface area contributed by atoms with Crippen LogP contribution in [-0.2, 0) is 23.7 Å². The summed E-state index contributed by atoms with van der Waals surface area (Å²) in [7, 11) is 5.28. The van der Waals surface area contributed by atoms with E-state index in [1.165, 1.54) is 49.1 Å². The first kappa shape index (κ1) is 76.1. The first-order valence-corrected chi connectivity index (χ1v) is 30.2. The molecule has 3 aliphatic heterocycles. The summed E-state index contributed by atoms with van der Waals surface area (Å²) >= 11 is 5.30. The minimum absolute atomic E-state index is 0.0556. The predicted octanol–water partition coefficient (Wildman–Crippen LogP) is 13.3. The van der Waals surface area contributed by atoms with Crippen molar-refractivity contribution >= 4 is 52.0 Å². The second-order valence-electron chi connectivity index (χ2n) is 20.2. The largest absolute Gasteiger partial charge is 0.449 e. The van der Waals surface area contributed by atoms with Crippen molar-refractivity contribution in [3.63, 3.8) is 0 Å². The van der Waals surface area contributed by atoms with Crippen LogP contribution in [-0.4, -0.2) is 109 Å². The summed E-state index contributed by atoms with van der Waals surface area (Å²) in [4.78, 5) is 64.9. The predicted molar refractivity (Wildman–Crippen MR) is 350 cm³/mol. The number of aromatic amines is 3. The van der Waals surface area contributed by atoms with Crippen LogP contribution in [0.15, 0.2) is 97.9 Å². The lowest BCUT2D eigenvalue weighted by atomic mass is 10.1. The number of carbonyl (C=O) groups excluding carboxylic acids is 2. The van der Waals surface area contributed by atoms with Gasteiger partial charge < -0.3 is 28.7 Å². The Hall–Kier alpha value is -7.90. The van der Waals surface area contributed by atoms with Crippen molar-refractivity contribution in [3.8, 4) is 0 Å². The Bertz CT molecular complexity index is 2690. The molecule has 86 heavy (non-hydrogen) atoms. The van der Waals surface area contributed by atoms with Gasteiger partial charge >= 0.3 is 0 Å². The van der Waals surface area contributed by atoms with E-state index in [-0.39, 0.29) is 17.7 Å². The summed E-state index contributed by atoms with van der Waals surface area (Å²) in [6.45, 7) is 41.3. The van der Waals surface area contributed by atoms with E-state index in [1.807, 2.05) is 158 Å². The van der Waals surface area contributed by atoms with Crippen molar-refractivity contribution in [3.05, 3.63) is 174 Å². The molecule has 3 aliphatic rings. The fourth-order valence-corrected chi connectivity index (χ4v) is 8.85. The van der Waals surface area contributed by atoms with E-state index in [1.54, 1.807) is 61.6 Å². The SMILES string of the molecule is CC1=CN=C(C)C1.CC1=CNC(C)S1.CC1CC(=O)N(C)C1=O.Cc1c[nH]c(C)c1.Cc1cn(C)cn1.Cc1cnc(C)[nH]1.Cc1cnc(C)o1.Cc1cnc(C)s1.Cc1cnn(C)n1.Cc1coc(C)n1.Cc1csc(C)n1.Cc1n[nH]c(C)n1. The second kappa shape index (κ2) is 41.2. The number of aryl methyl sites for hydroxylation is 18. The summed E-state index contributed by atoms with van der Waals surface area (Å²) in [6.07, 6.45) is 20.0. The molecule has 0 radical (unpaired) electrons. The van der Waals surface area contributed by atoms with Gasteiger partial charge in [-0.1, -0.05) is 6.92 Å². The number of nitrogens with zero attached hydrogens (tertiary/aromatic N) is 14. The molecule has 1 fully saturated rings. The number of amides is 2. The molecule has 12 rings (SSSR count). The molecule has 0 bridgehead atoms. The van der Waals surface area contributed by atoms with Gasteiger partial charge in [0.15, 0.2) is 11.8 Å². The Labute approximate surface area is 521 Å². The molecule has 1 saturated heterocycles. The van der Waals surface area contributed by atoms with Gasteiger partial charge in [0.25, 0.3) is 0 Å². The summed E-state index contributed by atoms with van der Waals surface area (Å²) in [5.41, 5.74) is 10.4. The zero-order valence-electron chi connectivity index (χ0n) is 55.1. The molecule has 0 aliphatic carbocycles. The van der Waals surface area contributed by atoms with Crippen LogP contribution in [0.25, 0.3) is 0 Å². The molecule has 2 atom stereocenters. The minimum Gasteiger partial charge on any atom is -0.449 e. The fraction of sp³-hybridized carbons (Fsp3) is 0.459. The highest BCUT2D eigenvalue weighted by Crippen LogP contribution is 2.23. The van der Waals surface area contributed by atoms with Crippen molar-refractivity contribution in [1.29, 1.82) is 0 Å². The molecular weight excluding hydrogens is 1140 g/mol. The Kier molecular flexibility index (Phi) is 36.5. The number of imidazole rings is 2. The number of H-pyrrole nitrogens is 3. The molecule has 0 saturated carbocycles. The number of rotatable bonds is 0. The Balaban J connectivity index is 0.000000469. The summed E-state index contributed by atoms with van der Waals surface area (Å²) in [5.74, 6) is 4.79. The Morgan fingerprint density at radius 2 is 1.40 bits per heavy atom. The number of likely N-dealkylation sites (tertiary alicyclic amines) is 1. The van der Waals surface area contributed by atoms with E-state index in [0.717, 1.165) is 79.9 Å². The average molecular weight is 1240 g/mol. The number of imide groups is 1. The van der Waals surface area contributed by atoms with Crippen molar-refractivity contribution in [2.24, 2.45) is 25.0 Å². The second-order valence-corrected chi connectivity index (χ2v) is 24.3. The van der Waals surface area contributed by atoms with Crippen LogP contribution in [0, 0.1) is 117 Å². The van der Waals surface area contributed by atoms with E-state index in [2.05, 4.69) is 128 Å². The van der Waals surface area contributed by atoms with Crippen LogP contribution in [0.3, 0.4) is 0 Å². The van der Waals surface area contributed by atoms with E-state index in [0.29, 0.717) is 11.8 Å². The van der Waals surface area contributed by atoms with Gasteiger partial charge in [-0.25, -0.2) is 34.9 Å². The van der Waals surface area contributed by atoms with E-state index in [9.17, 15) is 9.59 Å². The quantitative estimate of drug-likeness (QED) is 0.103. The molecule has 25 heteroatoms. The zero-order valence-corrected chi connectivity index (χ0v) is 57.6. The molecule has 2 unspecified atom stereocenters. The highest BCUT2D eigenvalue weighted by molar-refractivity contribution is 8.03. The monoisotopic (exact) mass is 1240 g/mol. The van der Waals surface area contributed by atoms with Gasteiger partial charge in [0.05, 0.1) is 51.2 Å². The van der Waals surface area contributed by atoms with Gasteiger partial charge in [-0.15, -0.1) is 34.4 Å². The number of aromatic nitrogens is 15. The number of nitrogens with one attached hydrogen (secondary N) is 4. The zero-order chi connectivity index (χ0) is 65.1. The van der Waals surface area contributed by atoms with Gasteiger partial charge in [-0.2, -0.15) is 20.1 Å². The lowest BCUT2D eigenvalue weighted by molar-refractivity contribution is -0.137. The molecule has 0 spiro atoms. The van der Waals surface area contributed by atoms with Gasteiger partial charge in [0.2, 0.25) is 11.8 Å². The first-order chi connectivity index (χ1) is 40.3. The molecule has 12 heterocycles. The van der Waals surface area contributed by atoms with E-state index in [4.69, 9.17) is 8.83 Å². The van der Waals surface area contributed by atoms with Gasteiger partial charge in [-0.3, -0.25) is 24.6 Å². The van der Waals surface area contributed by atoms with Gasteiger partial charge in [-0.05, 0) is 147 Å². The smallest absolute Gasteiger partial charge is 0.232 e. The van der Waals surface area contributed by atoms with Crippen LogP contribution in [0.5, 0.6) is 0 Å². The summed E-state index contributed by atoms with van der Waals surface area (Å²) in [5, 5.41) is 22.3. The third-order valence-corrected chi connectivity index (χ3v) is 13.2. The number of oxazole rings is 2. The summed E-state index contributed by atoms with van der Waals surface area (Å²) in [6, 6.07) is 2.11. The highest BCUT2D eigenvalue weighted by Gasteiger charge is 2.32.